The van der Waals surface area contributed by atoms with Crippen molar-refractivity contribution in [1.29, 1.82) is 0 Å². The number of nitrogens with zero attached hydrogens (tertiary/aromatic N) is 2. The fourth-order valence-electron chi connectivity index (χ4n) is 3.22. The van der Waals surface area contributed by atoms with E-state index < -0.39 is 10.1 Å². The maximum atomic E-state index is 11.1. The summed E-state index contributed by atoms with van der Waals surface area (Å²) in [6.45, 7) is 2.94. The lowest BCUT2D eigenvalue weighted by Crippen LogP contribution is -2.36. The molecule has 1 heterocycles. The zero-order chi connectivity index (χ0) is 20.4. The second-order valence-corrected chi connectivity index (χ2v) is 9.41. The molecule has 0 saturated carbocycles. The fourth-order valence-corrected chi connectivity index (χ4v) is 4.72. The van der Waals surface area contributed by atoms with Gasteiger partial charge in [-0.1, -0.05) is 35.6 Å². The smallest absolute Gasteiger partial charge is 0.282 e. The summed E-state index contributed by atoms with van der Waals surface area (Å²) in [5.74, 6) is 0. The van der Waals surface area contributed by atoms with Crippen LogP contribution in [0.5, 0.6) is 0 Å². The molecule has 29 heavy (non-hydrogen) atoms. The van der Waals surface area contributed by atoms with Crippen LogP contribution < -0.4 is 9.99 Å². The zero-order valence-corrected chi connectivity index (χ0v) is 17.4. The molecule has 0 radical (unpaired) electrons. The minimum absolute atomic E-state index is 0.145. The van der Waals surface area contributed by atoms with Crippen molar-refractivity contribution in [2.75, 3.05) is 5.43 Å². The number of anilines is 1. The van der Waals surface area contributed by atoms with Crippen molar-refractivity contribution in [2.24, 2.45) is 5.10 Å². The molecule has 1 aromatic heterocycles. The molecule has 0 bridgehead atoms. The second-order valence-electron chi connectivity index (χ2n) is 6.75. The average Bonchev–Trinajstić information content (AvgIpc) is 3.02. The van der Waals surface area contributed by atoms with Crippen LogP contribution >= 0.6 is 11.3 Å². The summed E-state index contributed by atoms with van der Waals surface area (Å²) in [4.78, 5) is -0.145. The Morgan fingerprint density at radius 2 is 1.93 bits per heavy atom. The number of hydrogen-bond donors (Lipinski definition) is 2. The van der Waals surface area contributed by atoms with E-state index in [1.807, 2.05) is 12.2 Å². The predicted molar refractivity (Wildman–Crippen MR) is 116 cm³/mol. The lowest BCUT2D eigenvalue weighted by molar-refractivity contribution is -0.664. The lowest BCUT2D eigenvalue weighted by Gasteiger charge is -2.10. The van der Waals surface area contributed by atoms with Gasteiger partial charge in [-0.25, -0.2) is 0 Å². The quantitative estimate of drug-likeness (QED) is 0.366. The topological polar surface area (TPSA) is 82.6 Å². The first-order valence-electron chi connectivity index (χ1n) is 9.04. The third kappa shape index (κ3) is 4.45. The van der Waals surface area contributed by atoms with Gasteiger partial charge in [0.05, 0.1) is 16.3 Å². The molecule has 0 saturated heterocycles. The Hall–Kier alpha value is -2.81. The second kappa shape index (κ2) is 7.90. The highest BCUT2D eigenvalue weighted by atomic mass is 32.2. The normalized spacial score (nSPS) is 15.7. The first-order valence-corrected chi connectivity index (χ1v) is 11.3. The highest BCUT2D eigenvalue weighted by molar-refractivity contribution is 7.85. The van der Waals surface area contributed by atoms with Crippen LogP contribution in [-0.4, -0.2) is 18.7 Å². The van der Waals surface area contributed by atoms with Gasteiger partial charge in [-0.2, -0.15) is 18.1 Å². The van der Waals surface area contributed by atoms with Crippen LogP contribution in [0, 0.1) is 6.92 Å². The maximum absolute atomic E-state index is 11.1. The molecule has 2 aromatic carbocycles. The van der Waals surface area contributed by atoms with Gasteiger partial charge in [-0.15, -0.1) is 0 Å². The molecule has 0 amide bonds. The van der Waals surface area contributed by atoms with Crippen molar-refractivity contribution in [3.05, 3.63) is 77.3 Å². The van der Waals surface area contributed by atoms with Crippen LogP contribution in [0.2, 0.25) is 0 Å². The van der Waals surface area contributed by atoms with Crippen LogP contribution in [0.1, 0.15) is 11.4 Å². The predicted octanol–water partition coefficient (Wildman–Crippen LogP) is 4.10. The van der Waals surface area contributed by atoms with Gasteiger partial charge in [-0.05, 0) is 36.4 Å². The van der Waals surface area contributed by atoms with Gasteiger partial charge in [-0.3, -0.25) is 9.98 Å². The summed E-state index contributed by atoms with van der Waals surface area (Å²) in [5, 5.41) is 5.69. The molecule has 8 heteroatoms. The van der Waals surface area contributed by atoms with Gasteiger partial charge >= 0.3 is 0 Å². The molecular weight excluding hydrogens is 406 g/mol. The van der Waals surface area contributed by atoms with E-state index in [2.05, 4.69) is 52.4 Å². The molecule has 148 valence electrons. The number of aryl methyl sites for hydroxylation is 1. The van der Waals surface area contributed by atoms with Crippen molar-refractivity contribution >= 4 is 43.1 Å². The molecule has 1 aliphatic rings. The first kappa shape index (κ1) is 19.5. The Morgan fingerprint density at radius 1 is 1.17 bits per heavy atom. The molecule has 0 fully saturated rings. The van der Waals surface area contributed by atoms with Crippen LogP contribution in [0.15, 0.2) is 82.3 Å². The molecule has 4 rings (SSSR count). The number of benzene rings is 2. The number of hydrogen-bond acceptors (Lipinski definition) is 5. The Morgan fingerprint density at radius 3 is 2.69 bits per heavy atom. The van der Waals surface area contributed by atoms with Crippen LogP contribution in [0.3, 0.4) is 0 Å². The standard InChI is InChI=1S/C21H19N3O3S2/c1-15-24(20-7-2-3-8-21(20)28-15)14-16-5-4-6-18(13-16)23-22-17-9-11-19(12-10-17)29(25,26)27/h2-12,22H,13-14H2,1H3/p+1/b23-18+. The van der Waals surface area contributed by atoms with Gasteiger partial charge < -0.3 is 0 Å². The van der Waals surface area contributed by atoms with Gasteiger partial charge in [0.25, 0.3) is 10.1 Å². The lowest BCUT2D eigenvalue weighted by atomic mass is 10.0. The largest absolute Gasteiger partial charge is 0.294 e. The summed E-state index contributed by atoms with van der Waals surface area (Å²) >= 11 is 1.79. The fraction of sp³-hybridized carbons (Fsp3) is 0.143. The summed E-state index contributed by atoms with van der Waals surface area (Å²) in [6, 6.07) is 14.2. The molecular formula is C21H20N3O3S2+. The number of para-hydroxylation sites is 1. The van der Waals surface area contributed by atoms with E-state index in [0.29, 0.717) is 5.69 Å². The van der Waals surface area contributed by atoms with Gasteiger partial charge in [0.2, 0.25) is 10.5 Å². The van der Waals surface area contributed by atoms with Crippen molar-refractivity contribution in [3.63, 3.8) is 0 Å². The highest BCUT2D eigenvalue weighted by Gasteiger charge is 2.19. The van der Waals surface area contributed by atoms with Crippen LogP contribution in [-0.2, 0) is 16.7 Å². The first-order chi connectivity index (χ1) is 13.9. The third-order valence-electron chi connectivity index (χ3n) is 4.66. The number of fused-ring (bicyclic) bond motifs is 1. The van der Waals surface area contributed by atoms with E-state index in [4.69, 9.17) is 4.55 Å². The molecule has 0 unspecified atom stereocenters. The number of thiazole rings is 1. The van der Waals surface area contributed by atoms with Gasteiger partial charge in [0.15, 0.2) is 6.54 Å². The van der Waals surface area contributed by atoms with E-state index in [1.54, 1.807) is 23.5 Å². The molecule has 1 aliphatic carbocycles. The molecule has 0 aliphatic heterocycles. The van der Waals surface area contributed by atoms with Gasteiger partial charge in [0.1, 0.15) is 4.70 Å². The highest BCUT2D eigenvalue weighted by Crippen LogP contribution is 2.21. The third-order valence-corrected chi connectivity index (χ3v) is 6.61. The number of allylic oxidation sites excluding steroid dienone is 4. The SMILES string of the molecule is Cc1sc2ccccc2[n+]1CC1=CC=C/C(=N\Nc2ccc(S(=O)(=O)O)cc2)C1. The van der Waals surface area contributed by atoms with Crippen molar-refractivity contribution in [3.8, 4) is 0 Å². The Labute approximate surface area is 173 Å². The Kier molecular flexibility index (Phi) is 5.31. The minimum Gasteiger partial charge on any atom is -0.282 e. The van der Waals surface area contributed by atoms with Crippen LogP contribution in [0.4, 0.5) is 5.69 Å². The van der Waals surface area contributed by atoms with Crippen molar-refractivity contribution in [2.45, 2.75) is 24.8 Å². The number of rotatable bonds is 5. The number of nitrogens with one attached hydrogen (secondary N) is 1. The average molecular weight is 427 g/mol. The molecule has 3 aromatic rings. The summed E-state index contributed by atoms with van der Waals surface area (Å²) in [6.07, 6.45) is 6.79. The van der Waals surface area contributed by atoms with E-state index in [9.17, 15) is 8.42 Å². The Balaban J connectivity index is 1.46. The molecule has 2 N–H and O–H groups in total. The monoisotopic (exact) mass is 426 g/mol. The van der Waals surface area contributed by atoms with E-state index in [-0.39, 0.29) is 4.90 Å². The molecule has 6 nitrogen and oxygen atoms in total. The maximum Gasteiger partial charge on any atom is 0.294 e. The summed E-state index contributed by atoms with van der Waals surface area (Å²) in [7, 11) is -4.19. The number of aromatic nitrogens is 1. The Bertz CT molecular complexity index is 1250. The summed E-state index contributed by atoms with van der Waals surface area (Å²) in [5.41, 5.74) is 6.96. The van der Waals surface area contributed by atoms with E-state index in [0.717, 1.165) is 18.7 Å². The molecule has 0 atom stereocenters. The zero-order valence-electron chi connectivity index (χ0n) is 15.7. The van der Waals surface area contributed by atoms with E-state index >= 15 is 0 Å². The van der Waals surface area contributed by atoms with Gasteiger partial charge in [0, 0.05) is 25.0 Å². The van der Waals surface area contributed by atoms with Crippen molar-refractivity contribution in [1.82, 2.24) is 0 Å². The number of hydrazone groups is 1. The molecule has 0 spiro atoms. The van der Waals surface area contributed by atoms with Crippen LogP contribution in [0.25, 0.3) is 10.2 Å². The van der Waals surface area contributed by atoms with Crippen molar-refractivity contribution < 1.29 is 17.5 Å². The summed E-state index contributed by atoms with van der Waals surface area (Å²) < 4.78 is 34.9. The van der Waals surface area contributed by atoms with E-state index in [1.165, 1.54) is 32.9 Å². The minimum atomic E-state index is -4.19.